The van der Waals surface area contributed by atoms with Crippen LogP contribution in [0.3, 0.4) is 0 Å². The number of hydrogen-bond acceptors (Lipinski definition) is 3. The van der Waals surface area contributed by atoms with E-state index in [0.717, 1.165) is 24.2 Å². The summed E-state index contributed by atoms with van der Waals surface area (Å²) in [5, 5.41) is 0.151. The fourth-order valence-corrected chi connectivity index (χ4v) is 1.82. The first-order chi connectivity index (χ1) is 8.22. The molecule has 2 N–H and O–H groups in total. The third kappa shape index (κ3) is 6.15. The van der Waals surface area contributed by atoms with Gasteiger partial charge in [-0.3, -0.25) is 4.79 Å². The summed E-state index contributed by atoms with van der Waals surface area (Å²) in [5.74, 6) is 6.91. The zero-order chi connectivity index (χ0) is 12.5. The number of rotatable bonds is 4. The van der Waals surface area contributed by atoms with E-state index < -0.39 is 0 Å². The van der Waals surface area contributed by atoms with Crippen LogP contribution in [-0.4, -0.2) is 17.4 Å². The summed E-state index contributed by atoms with van der Waals surface area (Å²) in [4.78, 5) is 10.7. The zero-order valence-corrected chi connectivity index (χ0v) is 10.8. The maximum atomic E-state index is 10.7. The lowest BCUT2D eigenvalue weighted by molar-refractivity contribution is -0.109. The lowest BCUT2D eigenvalue weighted by Crippen LogP contribution is -2.02. The van der Waals surface area contributed by atoms with E-state index in [1.807, 2.05) is 12.1 Å². The van der Waals surface area contributed by atoms with Crippen LogP contribution >= 0.6 is 11.8 Å². The minimum Gasteiger partial charge on any atom is -0.330 e. The van der Waals surface area contributed by atoms with Crippen molar-refractivity contribution in [3.05, 3.63) is 35.4 Å². The van der Waals surface area contributed by atoms with Crippen LogP contribution in [-0.2, 0) is 11.2 Å². The van der Waals surface area contributed by atoms with E-state index in [0.29, 0.717) is 6.54 Å². The predicted molar refractivity (Wildman–Crippen MR) is 73.8 cm³/mol. The third-order valence-corrected chi connectivity index (χ3v) is 2.97. The Kier molecular flexibility index (Phi) is 6.46. The number of nitrogens with two attached hydrogens (primary N) is 1. The maximum absolute atomic E-state index is 10.7. The van der Waals surface area contributed by atoms with Crippen LogP contribution in [0.15, 0.2) is 24.3 Å². The number of carbonyl (C=O) groups is 1. The Morgan fingerprint density at radius 2 is 2.06 bits per heavy atom. The normalized spacial score (nSPS) is 9.53. The molecule has 0 saturated carbocycles. The Hall–Kier alpha value is -1.24. The van der Waals surface area contributed by atoms with E-state index in [1.54, 1.807) is 6.92 Å². The first-order valence-corrected chi connectivity index (χ1v) is 6.62. The van der Waals surface area contributed by atoms with Crippen LogP contribution in [0.25, 0.3) is 0 Å². The number of hydrogen-bond donors (Lipinski definition) is 1. The molecule has 1 rings (SSSR count). The Bertz CT molecular complexity index is 414. The Morgan fingerprint density at radius 3 is 2.65 bits per heavy atom. The number of carbonyl (C=O) groups excluding carboxylic acids is 1. The van der Waals surface area contributed by atoms with Crippen LogP contribution < -0.4 is 5.73 Å². The molecule has 0 aliphatic heterocycles. The zero-order valence-electron chi connectivity index (χ0n) is 10.0. The molecule has 0 saturated heterocycles. The van der Waals surface area contributed by atoms with E-state index in [1.165, 1.54) is 17.3 Å². The quantitative estimate of drug-likeness (QED) is 0.655. The molecule has 0 fully saturated rings. The van der Waals surface area contributed by atoms with Crippen molar-refractivity contribution in [2.45, 2.75) is 19.8 Å². The molecular weight excluding hydrogens is 230 g/mol. The highest BCUT2D eigenvalue weighted by Gasteiger charge is 1.92. The van der Waals surface area contributed by atoms with Crippen LogP contribution in [0.5, 0.6) is 0 Å². The van der Waals surface area contributed by atoms with Crippen molar-refractivity contribution >= 4 is 16.9 Å². The highest BCUT2D eigenvalue weighted by molar-refractivity contribution is 8.13. The van der Waals surface area contributed by atoms with Gasteiger partial charge in [-0.15, -0.1) is 0 Å². The van der Waals surface area contributed by atoms with Gasteiger partial charge >= 0.3 is 0 Å². The van der Waals surface area contributed by atoms with Crippen molar-refractivity contribution in [3.8, 4) is 11.8 Å². The van der Waals surface area contributed by atoms with Crippen LogP contribution in [0, 0.1) is 11.8 Å². The fraction of sp³-hybridized carbons (Fsp3) is 0.357. The van der Waals surface area contributed by atoms with Gasteiger partial charge in [0.2, 0.25) is 0 Å². The van der Waals surface area contributed by atoms with Gasteiger partial charge in [0.25, 0.3) is 0 Å². The average molecular weight is 247 g/mol. The summed E-state index contributed by atoms with van der Waals surface area (Å²) in [6, 6.07) is 8.13. The first-order valence-electron chi connectivity index (χ1n) is 5.63. The second-order valence-corrected chi connectivity index (χ2v) is 4.90. The van der Waals surface area contributed by atoms with Gasteiger partial charge in [0.05, 0.1) is 0 Å². The van der Waals surface area contributed by atoms with Crippen molar-refractivity contribution in [1.29, 1.82) is 0 Å². The second-order valence-electron chi connectivity index (χ2n) is 3.63. The van der Waals surface area contributed by atoms with Gasteiger partial charge in [-0.1, -0.05) is 35.7 Å². The fourth-order valence-electron chi connectivity index (χ4n) is 1.33. The molecule has 1 aromatic rings. The summed E-state index contributed by atoms with van der Waals surface area (Å²) in [7, 11) is 0. The summed E-state index contributed by atoms with van der Waals surface area (Å²) in [6.07, 6.45) is 1.65. The molecule has 0 spiro atoms. The van der Waals surface area contributed by atoms with Crippen molar-refractivity contribution in [2.75, 3.05) is 12.3 Å². The maximum Gasteiger partial charge on any atom is 0.185 e. The molecule has 0 bridgehead atoms. The largest absolute Gasteiger partial charge is 0.330 e. The lowest BCUT2D eigenvalue weighted by Gasteiger charge is -1.97. The van der Waals surface area contributed by atoms with Gasteiger partial charge in [-0.25, -0.2) is 0 Å². The first kappa shape index (κ1) is 13.8. The van der Waals surface area contributed by atoms with E-state index in [9.17, 15) is 4.79 Å². The molecule has 0 aromatic heterocycles. The van der Waals surface area contributed by atoms with Gasteiger partial charge in [-0.2, -0.15) is 0 Å². The van der Waals surface area contributed by atoms with E-state index in [2.05, 4.69) is 24.0 Å². The Morgan fingerprint density at radius 1 is 1.35 bits per heavy atom. The van der Waals surface area contributed by atoms with E-state index in [4.69, 9.17) is 5.73 Å². The minimum absolute atomic E-state index is 0.151. The smallest absolute Gasteiger partial charge is 0.185 e. The monoisotopic (exact) mass is 247 g/mol. The predicted octanol–water partition coefficient (Wildman–Crippen LogP) is 2.21. The second kappa shape index (κ2) is 7.94. The molecule has 0 aliphatic rings. The molecule has 90 valence electrons. The summed E-state index contributed by atoms with van der Waals surface area (Å²) in [6.45, 7) is 2.25. The van der Waals surface area contributed by atoms with E-state index >= 15 is 0 Å². The highest BCUT2D eigenvalue weighted by Crippen LogP contribution is 2.05. The van der Waals surface area contributed by atoms with Crippen molar-refractivity contribution in [1.82, 2.24) is 0 Å². The molecule has 1 aromatic carbocycles. The Labute approximate surface area is 107 Å². The molecular formula is C14H17NOS. The minimum atomic E-state index is 0.151. The van der Waals surface area contributed by atoms with E-state index in [-0.39, 0.29) is 5.12 Å². The van der Waals surface area contributed by atoms with Crippen LogP contribution in [0.1, 0.15) is 24.5 Å². The summed E-state index contributed by atoms with van der Waals surface area (Å²) in [5.41, 5.74) is 7.73. The van der Waals surface area contributed by atoms with Crippen molar-refractivity contribution in [3.63, 3.8) is 0 Å². The molecule has 0 atom stereocenters. The molecule has 0 radical (unpaired) electrons. The number of benzene rings is 1. The highest BCUT2D eigenvalue weighted by atomic mass is 32.2. The van der Waals surface area contributed by atoms with Gasteiger partial charge in [-0.05, 0) is 30.7 Å². The van der Waals surface area contributed by atoms with Gasteiger partial charge in [0, 0.05) is 24.7 Å². The number of thioether (sulfide) groups is 1. The summed E-state index contributed by atoms with van der Waals surface area (Å²) >= 11 is 1.32. The van der Waals surface area contributed by atoms with Crippen LogP contribution in [0.4, 0.5) is 0 Å². The molecule has 0 aliphatic carbocycles. The summed E-state index contributed by atoms with van der Waals surface area (Å²) < 4.78 is 0. The molecule has 17 heavy (non-hydrogen) atoms. The topological polar surface area (TPSA) is 43.1 Å². The average Bonchev–Trinajstić information content (AvgIpc) is 2.31. The molecule has 2 nitrogen and oxygen atoms in total. The molecule has 0 amide bonds. The molecule has 3 heteroatoms. The standard InChI is InChI=1S/C14H17NOS/c1-12(16)17-11-3-2-4-13-5-7-14(8-6-13)9-10-15/h5-8H,3,9-11,15H2,1H3. The van der Waals surface area contributed by atoms with Gasteiger partial charge < -0.3 is 5.73 Å². The molecule has 0 unspecified atom stereocenters. The van der Waals surface area contributed by atoms with Gasteiger partial charge in [0.15, 0.2) is 5.12 Å². The SMILES string of the molecule is CC(=O)SCCC#Cc1ccc(CCN)cc1. The van der Waals surface area contributed by atoms with Crippen molar-refractivity contribution < 1.29 is 4.79 Å². The lowest BCUT2D eigenvalue weighted by atomic mass is 10.1. The third-order valence-electron chi connectivity index (χ3n) is 2.15. The van der Waals surface area contributed by atoms with Gasteiger partial charge in [0.1, 0.15) is 0 Å². The van der Waals surface area contributed by atoms with Crippen LogP contribution in [0.2, 0.25) is 0 Å². The molecule has 0 heterocycles. The van der Waals surface area contributed by atoms with Crippen molar-refractivity contribution in [2.24, 2.45) is 5.73 Å². The Balaban J connectivity index is 2.40.